The summed E-state index contributed by atoms with van der Waals surface area (Å²) in [6.45, 7) is 2.28. The van der Waals surface area contributed by atoms with Gasteiger partial charge in [-0.3, -0.25) is 14.4 Å². The Morgan fingerprint density at radius 2 is 1.66 bits per heavy atom. The molecular formula is C30H33N3O5. The minimum absolute atomic E-state index is 0.0431. The summed E-state index contributed by atoms with van der Waals surface area (Å²) in [5, 5.41) is 12.4. The summed E-state index contributed by atoms with van der Waals surface area (Å²) in [6.07, 6.45) is 0.611. The number of nitrogens with one attached hydrogen (secondary N) is 1. The smallest absolute Gasteiger partial charge is 0.315 e. The summed E-state index contributed by atoms with van der Waals surface area (Å²) in [7, 11) is 0. The van der Waals surface area contributed by atoms with Crippen LogP contribution in [0.2, 0.25) is 0 Å². The van der Waals surface area contributed by atoms with E-state index in [0.717, 1.165) is 22.3 Å². The van der Waals surface area contributed by atoms with Gasteiger partial charge in [-0.1, -0.05) is 66.7 Å². The molecule has 1 heterocycles. The molecule has 4 N–H and O–H groups in total. The number of carbonyl (C=O) groups is 3. The highest BCUT2D eigenvalue weighted by Gasteiger charge is 2.37. The van der Waals surface area contributed by atoms with Crippen LogP contribution in [0.4, 0.5) is 0 Å². The van der Waals surface area contributed by atoms with Crippen molar-refractivity contribution in [3.63, 3.8) is 0 Å². The van der Waals surface area contributed by atoms with Crippen molar-refractivity contribution in [2.24, 2.45) is 5.73 Å². The summed E-state index contributed by atoms with van der Waals surface area (Å²) < 4.78 is 5.25. The highest BCUT2D eigenvalue weighted by atomic mass is 16.5. The predicted molar refractivity (Wildman–Crippen MR) is 143 cm³/mol. The van der Waals surface area contributed by atoms with Crippen LogP contribution in [0.1, 0.15) is 35.1 Å². The molecule has 3 atom stereocenters. The third-order valence-electron chi connectivity index (χ3n) is 6.80. The van der Waals surface area contributed by atoms with Crippen molar-refractivity contribution in [1.82, 2.24) is 10.2 Å². The molecule has 2 amide bonds. The number of nitrogens with two attached hydrogens (primary N) is 1. The SMILES string of the molecule is CCOC(=O)[C@H](CNC(=O)[C@@H]1Cc2ccccc2CN1C(=O)[C@@H](N)Cc1ccc(O)cc1)c1ccccc1. The molecule has 0 spiro atoms. The van der Waals surface area contributed by atoms with Crippen LogP contribution in [0, 0.1) is 0 Å². The van der Waals surface area contributed by atoms with Gasteiger partial charge in [-0.15, -0.1) is 0 Å². The number of amides is 2. The molecule has 0 saturated carbocycles. The topological polar surface area (TPSA) is 122 Å². The first kappa shape index (κ1) is 26.9. The maximum atomic E-state index is 13.5. The van der Waals surface area contributed by atoms with Crippen LogP contribution in [0.3, 0.4) is 0 Å². The van der Waals surface area contributed by atoms with Gasteiger partial charge in [0.15, 0.2) is 0 Å². The Hall–Kier alpha value is -4.17. The molecule has 1 aliphatic rings. The van der Waals surface area contributed by atoms with E-state index in [1.165, 1.54) is 4.90 Å². The highest BCUT2D eigenvalue weighted by molar-refractivity contribution is 5.91. The molecule has 0 bridgehead atoms. The van der Waals surface area contributed by atoms with Crippen LogP contribution in [-0.2, 0) is 38.5 Å². The van der Waals surface area contributed by atoms with Crippen molar-refractivity contribution < 1.29 is 24.2 Å². The first-order valence-electron chi connectivity index (χ1n) is 12.8. The van der Waals surface area contributed by atoms with Gasteiger partial charge in [-0.2, -0.15) is 0 Å². The minimum Gasteiger partial charge on any atom is -0.508 e. The zero-order valence-electron chi connectivity index (χ0n) is 21.4. The number of rotatable bonds is 9. The van der Waals surface area contributed by atoms with Crippen molar-refractivity contribution >= 4 is 17.8 Å². The molecule has 0 saturated heterocycles. The molecule has 8 heteroatoms. The summed E-state index contributed by atoms with van der Waals surface area (Å²) in [6, 6.07) is 21.8. The standard InChI is InChI=1S/C30H33N3O5/c1-2-38-30(37)25(21-8-4-3-5-9-21)18-32-28(35)27-17-22-10-6-7-11-23(22)19-33(27)29(36)26(31)16-20-12-14-24(34)15-13-20/h3-15,25-27,34H,2,16-19,31H2,1H3,(H,32,35)/t25-,26+,27+/m1/s1. The number of esters is 1. The summed E-state index contributed by atoms with van der Waals surface area (Å²) in [5.41, 5.74) is 9.83. The fraction of sp³-hybridized carbons (Fsp3) is 0.300. The maximum absolute atomic E-state index is 13.5. The highest BCUT2D eigenvalue weighted by Crippen LogP contribution is 2.25. The van der Waals surface area contributed by atoms with Crippen molar-refractivity contribution in [2.45, 2.75) is 44.3 Å². The number of nitrogens with zero attached hydrogens (tertiary/aromatic N) is 1. The lowest BCUT2D eigenvalue weighted by atomic mass is 9.92. The molecule has 4 rings (SSSR count). The number of aromatic hydroxyl groups is 1. The zero-order chi connectivity index (χ0) is 27.1. The predicted octanol–water partition coefficient (Wildman–Crippen LogP) is 2.68. The van der Waals surface area contributed by atoms with E-state index in [1.807, 2.05) is 54.6 Å². The molecule has 0 unspecified atom stereocenters. The first-order chi connectivity index (χ1) is 18.4. The fourth-order valence-corrected chi connectivity index (χ4v) is 4.76. The third-order valence-corrected chi connectivity index (χ3v) is 6.80. The lowest BCUT2D eigenvalue weighted by Gasteiger charge is -2.37. The number of phenols is 1. The number of ether oxygens (including phenoxy) is 1. The third kappa shape index (κ3) is 6.39. The van der Waals surface area contributed by atoms with Gasteiger partial charge in [0.25, 0.3) is 0 Å². The van der Waals surface area contributed by atoms with E-state index >= 15 is 0 Å². The Bertz CT molecular complexity index is 1260. The van der Waals surface area contributed by atoms with Crippen LogP contribution in [0.5, 0.6) is 5.75 Å². The number of fused-ring (bicyclic) bond motifs is 1. The van der Waals surface area contributed by atoms with Crippen molar-refractivity contribution in [3.05, 3.63) is 101 Å². The molecular weight excluding hydrogens is 482 g/mol. The lowest BCUT2D eigenvalue weighted by molar-refractivity contribution is -0.146. The molecule has 0 radical (unpaired) electrons. The number of phenolic OH excluding ortho intramolecular Hbond substituents is 1. The van der Waals surface area contributed by atoms with Gasteiger partial charge in [-0.05, 0) is 47.7 Å². The lowest BCUT2D eigenvalue weighted by Crippen LogP contribution is -2.57. The van der Waals surface area contributed by atoms with Crippen molar-refractivity contribution in [3.8, 4) is 5.75 Å². The molecule has 0 fully saturated rings. The summed E-state index contributed by atoms with van der Waals surface area (Å²) in [4.78, 5) is 41.3. The Kier molecular flexibility index (Phi) is 8.76. The van der Waals surface area contributed by atoms with E-state index in [4.69, 9.17) is 10.5 Å². The molecule has 8 nitrogen and oxygen atoms in total. The maximum Gasteiger partial charge on any atom is 0.315 e. The van der Waals surface area contributed by atoms with Crippen LogP contribution in [0.25, 0.3) is 0 Å². The van der Waals surface area contributed by atoms with E-state index in [0.29, 0.717) is 6.42 Å². The Morgan fingerprint density at radius 3 is 2.34 bits per heavy atom. The van der Waals surface area contributed by atoms with Crippen LogP contribution in [0.15, 0.2) is 78.9 Å². The Morgan fingerprint density at radius 1 is 1.00 bits per heavy atom. The van der Waals surface area contributed by atoms with Gasteiger partial charge < -0.3 is 25.8 Å². The molecule has 198 valence electrons. The zero-order valence-corrected chi connectivity index (χ0v) is 21.4. The van der Waals surface area contributed by atoms with Gasteiger partial charge in [0.1, 0.15) is 11.8 Å². The number of hydrogen-bond acceptors (Lipinski definition) is 6. The average molecular weight is 516 g/mol. The molecule has 3 aromatic carbocycles. The largest absolute Gasteiger partial charge is 0.508 e. The molecule has 0 aliphatic carbocycles. The molecule has 3 aromatic rings. The first-order valence-corrected chi connectivity index (χ1v) is 12.8. The number of benzene rings is 3. The molecule has 0 aromatic heterocycles. The molecule has 1 aliphatic heterocycles. The average Bonchev–Trinajstić information content (AvgIpc) is 2.94. The van der Waals surface area contributed by atoms with E-state index in [-0.39, 0.29) is 43.7 Å². The normalized spacial score (nSPS) is 16.2. The monoisotopic (exact) mass is 515 g/mol. The summed E-state index contributed by atoms with van der Waals surface area (Å²) in [5.74, 6) is -1.64. The van der Waals surface area contributed by atoms with Crippen molar-refractivity contribution in [2.75, 3.05) is 13.2 Å². The van der Waals surface area contributed by atoms with Gasteiger partial charge in [0, 0.05) is 19.5 Å². The van der Waals surface area contributed by atoms with Gasteiger partial charge in [-0.25, -0.2) is 0 Å². The fourth-order valence-electron chi connectivity index (χ4n) is 4.76. The Balaban J connectivity index is 1.52. The number of hydrogen-bond donors (Lipinski definition) is 3. The van der Waals surface area contributed by atoms with Crippen LogP contribution >= 0.6 is 0 Å². The van der Waals surface area contributed by atoms with Gasteiger partial charge in [0.05, 0.1) is 18.6 Å². The second-order valence-electron chi connectivity index (χ2n) is 9.39. The van der Waals surface area contributed by atoms with Crippen LogP contribution < -0.4 is 11.1 Å². The van der Waals surface area contributed by atoms with E-state index in [1.54, 1.807) is 31.2 Å². The quantitative estimate of drug-likeness (QED) is 0.377. The Labute approximate surface area is 222 Å². The second-order valence-corrected chi connectivity index (χ2v) is 9.39. The molecule has 38 heavy (non-hydrogen) atoms. The van der Waals surface area contributed by atoms with Gasteiger partial charge >= 0.3 is 5.97 Å². The van der Waals surface area contributed by atoms with E-state index in [2.05, 4.69) is 5.32 Å². The van der Waals surface area contributed by atoms with Crippen LogP contribution in [-0.4, -0.2) is 53.0 Å². The van der Waals surface area contributed by atoms with Crippen molar-refractivity contribution in [1.29, 1.82) is 0 Å². The van der Waals surface area contributed by atoms with E-state index in [9.17, 15) is 19.5 Å². The van der Waals surface area contributed by atoms with Gasteiger partial charge in [0.2, 0.25) is 11.8 Å². The minimum atomic E-state index is -0.864. The van der Waals surface area contributed by atoms with E-state index < -0.39 is 24.0 Å². The number of carbonyl (C=O) groups excluding carboxylic acids is 3. The summed E-state index contributed by atoms with van der Waals surface area (Å²) >= 11 is 0. The second kappa shape index (κ2) is 12.4.